The lowest BCUT2D eigenvalue weighted by Crippen LogP contribution is -2.56. The molecule has 5 nitrogen and oxygen atoms in total. The minimum atomic E-state index is -0.0937. The second-order valence-corrected chi connectivity index (χ2v) is 4.62. The summed E-state index contributed by atoms with van der Waals surface area (Å²) in [6.45, 7) is 10.9. The largest absolute Gasteiger partial charge is 0.379 e. The standard InChI is InChI=1S/C11H23N3O2/c1-4-12-10(15)13-9-11(2,3)14-5-7-16-8-6-14/h4-9H2,1-3H3,(H2,12,13,15). The van der Waals surface area contributed by atoms with Crippen molar-refractivity contribution in [3.8, 4) is 0 Å². The summed E-state index contributed by atoms with van der Waals surface area (Å²) < 4.78 is 5.32. The van der Waals surface area contributed by atoms with Crippen LogP contribution in [-0.4, -0.2) is 55.9 Å². The van der Waals surface area contributed by atoms with Crippen LogP contribution in [0.1, 0.15) is 20.8 Å². The monoisotopic (exact) mass is 229 g/mol. The number of rotatable bonds is 4. The highest BCUT2D eigenvalue weighted by molar-refractivity contribution is 5.73. The van der Waals surface area contributed by atoms with Crippen LogP contribution in [0.15, 0.2) is 0 Å². The average Bonchev–Trinajstić information content (AvgIpc) is 2.28. The Labute approximate surface area is 97.5 Å². The van der Waals surface area contributed by atoms with Crippen LogP contribution in [0.25, 0.3) is 0 Å². The molecular weight excluding hydrogens is 206 g/mol. The Morgan fingerprint density at radius 3 is 2.50 bits per heavy atom. The Bertz CT molecular complexity index is 225. The molecule has 1 saturated heterocycles. The summed E-state index contributed by atoms with van der Waals surface area (Å²) in [6, 6.07) is -0.0937. The third kappa shape index (κ3) is 3.98. The molecule has 2 amide bonds. The Morgan fingerprint density at radius 1 is 1.31 bits per heavy atom. The molecule has 2 N–H and O–H groups in total. The quantitative estimate of drug-likeness (QED) is 0.734. The van der Waals surface area contributed by atoms with Crippen molar-refractivity contribution in [3.63, 3.8) is 0 Å². The fourth-order valence-electron chi connectivity index (χ4n) is 1.80. The second-order valence-electron chi connectivity index (χ2n) is 4.62. The topological polar surface area (TPSA) is 53.6 Å². The number of ether oxygens (including phenoxy) is 1. The number of amides is 2. The third-order valence-electron chi connectivity index (χ3n) is 2.89. The Morgan fingerprint density at radius 2 is 1.94 bits per heavy atom. The van der Waals surface area contributed by atoms with Gasteiger partial charge < -0.3 is 15.4 Å². The number of carbonyl (C=O) groups excluding carboxylic acids is 1. The first-order valence-corrected chi connectivity index (χ1v) is 5.91. The fourth-order valence-corrected chi connectivity index (χ4v) is 1.80. The first-order valence-electron chi connectivity index (χ1n) is 5.91. The zero-order chi connectivity index (χ0) is 12.0. The van der Waals surface area contributed by atoms with Crippen LogP contribution < -0.4 is 10.6 Å². The molecule has 0 radical (unpaired) electrons. The van der Waals surface area contributed by atoms with Gasteiger partial charge in [-0.25, -0.2) is 4.79 Å². The summed E-state index contributed by atoms with van der Waals surface area (Å²) in [5, 5.41) is 5.62. The van der Waals surface area contributed by atoms with Crippen LogP contribution in [-0.2, 0) is 4.74 Å². The summed E-state index contributed by atoms with van der Waals surface area (Å²) in [4.78, 5) is 13.7. The van der Waals surface area contributed by atoms with E-state index in [1.807, 2.05) is 6.92 Å². The van der Waals surface area contributed by atoms with Gasteiger partial charge in [-0.05, 0) is 20.8 Å². The molecule has 1 fully saturated rings. The zero-order valence-corrected chi connectivity index (χ0v) is 10.5. The van der Waals surface area contributed by atoms with Crippen molar-refractivity contribution >= 4 is 6.03 Å². The van der Waals surface area contributed by atoms with Gasteiger partial charge in [0, 0.05) is 31.7 Å². The number of hydrogen-bond donors (Lipinski definition) is 2. The fraction of sp³-hybridized carbons (Fsp3) is 0.909. The van der Waals surface area contributed by atoms with Gasteiger partial charge in [0.25, 0.3) is 0 Å². The van der Waals surface area contributed by atoms with E-state index in [-0.39, 0.29) is 11.6 Å². The van der Waals surface area contributed by atoms with Gasteiger partial charge in [-0.3, -0.25) is 4.90 Å². The van der Waals surface area contributed by atoms with Gasteiger partial charge in [0.1, 0.15) is 0 Å². The van der Waals surface area contributed by atoms with Gasteiger partial charge in [-0.2, -0.15) is 0 Å². The lowest BCUT2D eigenvalue weighted by Gasteiger charge is -2.40. The van der Waals surface area contributed by atoms with E-state index in [2.05, 4.69) is 29.4 Å². The van der Waals surface area contributed by atoms with Crippen molar-refractivity contribution in [1.82, 2.24) is 15.5 Å². The zero-order valence-electron chi connectivity index (χ0n) is 10.5. The van der Waals surface area contributed by atoms with Crippen LogP contribution in [0.4, 0.5) is 4.79 Å². The first kappa shape index (κ1) is 13.3. The van der Waals surface area contributed by atoms with E-state index >= 15 is 0 Å². The molecule has 0 saturated carbocycles. The van der Waals surface area contributed by atoms with Crippen molar-refractivity contribution in [1.29, 1.82) is 0 Å². The molecule has 1 aliphatic rings. The van der Waals surface area contributed by atoms with Crippen molar-refractivity contribution in [2.75, 3.05) is 39.4 Å². The summed E-state index contributed by atoms with van der Waals surface area (Å²) in [5.41, 5.74) is -0.0190. The van der Waals surface area contributed by atoms with Gasteiger partial charge in [-0.15, -0.1) is 0 Å². The van der Waals surface area contributed by atoms with Crippen LogP contribution in [0, 0.1) is 0 Å². The first-order chi connectivity index (χ1) is 7.56. The average molecular weight is 229 g/mol. The molecule has 94 valence electrons. The van der Waals surface area contributed by atoms with Crippen molar-refractivity contribution in [2.45, 2.75) is 26.3 Å². The summed E-state index contributed by atoms with van der Waals surface area (Å²) in [5.74, 6) is 0. The van der Waals surface area contributed by atoms with Crippen LogP contribution in [0.2, 0.25) is 0 Å². The van der Waals surface area contributed by atoms with Crippen molar-refractivity contribution < 1.29 is 9.53 Å². The number of nitrogens with one attached hydrogen (secondary N) is 2. The maximum absolute atomic E-state index is 11.3. The molecule has 0 aromatic carbocycles. The maximum Gasteiger partial charge on any atom is 0.314 e. The van der Waals surface area contributed by atoms with E-state index in [4.69, 9.17) is 4.74 Å². The van der Waals surface area contributed by atoms with Gasteiger partial charge in [-0.1, -0.05) is 0 Å². The number of morpholine rings is 1. The molecule has 0 atom stereocenters. The van der Waals surface area contributed by atoms with Crippen LogP contribution in [0.3, 0.4) is 0 Å². The highest BCUT2D eigenvalue weighted by Gasteiger charge is 2.28. The molecular formula is C11H23N3O2. The molecule has 0 unspecified atom stereocenters. The third-order valence-corrected chi connectivity index (χ3v) is 2.89. The Hall–Kier alpha value is -0.810. The minimum Gasteiger partial charge on any atom is -0.379 e. The van der Waals surface area contributed by atoms with E-state index in [1.165, 1.54) is 0 Å². The van der Waals surface area contributed by atoms with E-state index < -0.39 is 0 Å². The molecule has 0 bridgehead atoms. The summed E-state index contributed by atoms with van der Waals surface area (Å²) in [7, 11) is 0. The van der Waals surface area contributed by atoms with E-state index in [1.54, 1.807) is 0 Å². The molecule has 16 heavy (non-hydrogen) atoms. The van der Waals surface area contributed by atoms with E-state index in [9.17, 15) is 4.79 Å². The molecule has 5 heteroatoms. The normalized spacial score (nSPS) is 18.2. The number of nitrogens with zero attached hydrogens (tertiary/aromatic N) is 1. The van der Waals surface area contributed by atoms with Gasteiger partial charge in [0.15, 0.2) is 0 Å². The van der Waals surface area contributed by atoms with Gasteiger partial charge in [0.05, 0.1) is 13.2 Å². The lowest BCUT2D eigenvalue weighted by atomic mass is 10.0. The highest BCUT2D eigenvalue weighted by atomic mass is 16.5. The van der Waals surface area contributed by atoms with Crippen LogP contribution in [0.5, 0.6) is 0 Å². The number of urea groups is 1. The summed E-state index contributed by atoms with van der Waals surface area (Å²) in [6.07, 6.45) is 0. The lowest BCUT2D eigenvalue weighted by molar-refractivity contribution is -0.00874. The maximum atomic E-state index is 11.3. The second kappa shape index (κ2) is 6.06. The Balaban J connectivity index is 2.34. The van der Waals surface area contributed by atoms with E-state index in [0.29, 0.717) is 13.1 Å². The molecule has 0 aromatic rings. The number of carbonyl (C=O) groups is 1. The SMILES string of the molecule is CCNC(=O)NCC(C)(C)N1CCOCC1. The molecule has 1 rings (SSSR count). The van der Waals surface area contributed by atoms with Gasteiger partial charge in [0.2, 0.25) is 0 Å². The molecule has 0 spiro atoms. The van der Waals surface area contributed by atoms with E-state index in [0.717, 1.165) is 26.3 Å². The molecule has 0 aliphatic carbocycles. The Kier molecular flexibility index (Phi) is 5.02. The van der Waals surface area contributed by atoms with Crippen molar-refractivity contribution in [3.05, 3.63) is 0 Å². The summed E-state index contributed by atoms with van der Waals surface area (Å²) >= 11 is 0. The van der Waals surface area contributed by atoms with Gasteiger partial charge >= 0.3 is 6.03 Å². The highest BCUT2D eigenvalue weighted by Crippen LogP contribution is 2.14. The van der Waals surface area contributed by atoms with Crippen LogP contribution >= 0.6 is 0 Å². The predicted molar refractivity (Wildman–Crippen MR) is 63.5 cm³/mol. The number of hydrogen-bond acceptors (Lipinski definition) is 3. The molecule has 0 aromatic heterocycles. The molecule has 1 aliphatic heterocycles. The molecule has 1 heterocycles. The smallest absolute Gasteiger partial charge is 0.314 e. The predicted octanol–water partition coefficient (Wildman–Crippen LogP) is 0.416. The van der Waals surface area contributed by atoms with Crippen molar-refractivity contribution in [2.24, 2.45) is 0 Å². The minimum absolute atomic E-state index is 0.0190.